The first-order chi connectivity index (χ1) is 7.68. The van der Waals surface area contributed by atoms with Gasteiger partial charge in [0.25, 0.3) is 6.08 Å². The molecule has 1 radical (unpaired) electrons. The molecule has 2 aromatic rings. The Hall–Kier alpha value is -2.03. The van der Waals surface area contributed by atoms with E-state index in [2.05, 4.69) is 17.8 Å². The van der Waals surface area contributed by atoms with Gasteiger partial charge in [0.2, 0.25) is 0 Å². The van der Waals surface area contributed by atoms with Gasteiger partial charge in [-0.1, -0.05) is 30.8 Å². The van der Waals surface area contributed by atoms with Gasteiger partial charge in [0.1, 0.15) is 0 Å². The predicted molar refractivity (Wildman–Crippen MR) is 59.9 cm³/mol. The van der Waals surface area contributed by atoms with Crippen molar-refractivity contribution >= 4 is 16.5 Å². The summed E-state index contributed by atoms with van der Waals surface area (Å²) in [4.78, 5) is 4.05. The standard InChI is InChI=1S/C13H8F2N/c1-9(8-12(14)15)11-6-2-4-10-5-3-7-16-13(10)11/h2-6,8H,1H2. The van der Waals surface area contributed by atoms with E-state index in [0.29, 0.717) is 11.1 Å². The van der Waals surface area contributed by atoms with E-state index in [0.717, 1.165) is 11.5 Å². The van der Waals surface area contributed by atoms with Gasteiger partial charge in [-0.2, -0.15) is 8.78 Å². The molecule has 0 spiro atoms. The number of halogens is 2. The number of hydrogen-bond acceptors (Lipinski definition) is 1. The molecule has 79 valence electrons. The van der Waals surface area contributed by atoms with Crippen molar-refractivity contribution in [1.29, 1.82) is 0 Å². The maximum Gasteiger partial charge on any atom is 0.270 e. The number of benzene rings is 1. The third-order valence-corrected chi connectivity index (χ3v) is 2.21. The summed E-state index contributed by atoms with van der Waals surface area (Å²) in [5.74, 6) is 0. The summed E-state index contributed by atoms with van der Waals surface area (Å²) < 4.78 is 24.3. The van der Waals surface area contributed by atoms with Crippen molar-refractivity contribution in [1.82, 2.24) is 4.98 Å². The van der Waals surface area contributed by atoms with Crippen LogP contribution in [0.4, 0.5) is 8.78 Å². The molecule has 0 saturated heterocycles. The van der Waals surface area contributed by atoms with Crippen molar-refractivity contribution in [3.63, 3.8) is 0 Å². The molecule has 0 aliphatic heterocycles. The summed E-state index contributed by atoms with van der Waals surface area (Å²) in [5, 5.41) is 0.880. The molecule has 0 N–H and O–H groups in total. The largest absolute Gasteiger partial charge is 0.270 e. The molecule has 2 rings (SSSR count). The van der Waals surface area contributed by atoms with Crippen molar-refractivity contribution in [2.24, 2.45) is 0 Å². The number of aromatic nitrogens is 1. The first-order valence-corrected chi connectivity index (χ1v) is 4.66. The van der Waals surface area contributed by atoms with Crippen LogP contribution in [0.15, 0.2) is 49.1 Å². The van der Waals surface area contributed by atoms with E-state index >= 15 is 0 Å². The summed E-state index contributed by atoms with van der Waals surface area (Å²) >= 11 is 0. The molecule has 0 bridgehead atoms. The van der Waals surface area contributed by atoms with Crippen LogP contribution in [0.3, 0.4) is 0 Å². The molecule has 16 heavy (non-hydrogen) atoms. The highest BCUT2D eigenvalue weighted by Gasteiger charge is 2.04. The van der Waals surface area contributed by atoms with Crippen molar-refractivity contribution in [2.75, 3.05) is 0 Å². The second kappa shape index (κ2) is 4.23. The zero-order chi connectivity index (χ0) is 11.5. The molecule has 0 amide bonds. The Bertz CT molecular complexity index is 564. The average molecular weight is 216 g/mol. The quantitative estimate of drug-likeness (QED) is 0.695. The molecule has 0 aliphatic carbocycles. The van der Waals surface area contributed by atoms with Crippen LogP contribution in [0.25, 0.3) is 16.5 Å². The third kappa shape index (κ3) is 1.98. The molecule has 1 aromatic heterocycles. The summed E-state index contributed by atoms with van der Waals surface area (Å²) in [6.45, 7) is 3.60. The zero-order valence-corrected chi connectivity index (χ0v) is 8.37. The van der Waals surface area contributed by atoms with Gasteiger partial charge >= 0.3 is 0 Å². The molecule has 1 heterocycles. The van der Waals surface area contributed by atoms with Gasteiger partial charge in [0.05, 0.1) is 11.7 Å². The number of rotatable bonds is 2. The molecular formula is C13H8F2N. The van der Waals surface area contributed by atoms with Gasteiger partial charge in [-0.3, -0.25) is 0 Å². The Morgan fingerprint density at radius 1 is 1.31 bits per heavy atom. The van der Waals surface area contributed by atoms with Gasteiger partial charge in [0, 0.05) is 17.0 Å². The number of nitrogens with zero attached hydrogens (tertiary/aromatic N) is 1. The molecule has 0 unspecified atom stereocenters. The SMILES string of the molecule is C=C(C=C(F)F)c1cccc2cc[c]nc12. The Morgan fingerprint density at radius 3 is 2.88 bits per heavy atom. The Labute approximate surface area is 91.7 Å². The second-order valence-electron chi connectivity index (χ2n) is 3.28. The summed E-state index contributed by atoms with van der Waals surface area (Å²) in [6.07, 6.45) is 1.66. The van der Waals surface area contributed by atoms with Crippen LogP contribution in [0.1, 0.15) is 5.56 Å². The van der Waals surface area contributed by atoms with Crippen LogP contribution >= 0.6 is 0 Å². The minimum absolute atomic E-state index is 0.248. The van der Waals surface area contributed by atoms with Crippen LogP contribution in [-0.2, 0) is 0 Å². The molecule has 0 fully saturated rings. The smallest absolute Gasteiger partial charge is 0.245 e. The number of para-hydroxylation sites is 1. The van der Waals surface area contributed by atoms with Gasteiger partial charge in [-0.05, 0) is 11.6 Å². The van der Waals surface area contributed by atoms with Gasteiger partial charge in [-0.15, -0.1) is 0 Å². The van der Waals surface area contributed by atoms with Crippen molar-refractivity contribution in [2.45, 2.75) is 0 Å². The highest BCUT2D eigenvalue weighted by molar-refractivity contribution is 5.92. The number of pyridine rings is 1. The summed E-state index contributed by atoms with van der Waals surface area (Å²) in [7, 11) is 0. The van der Waals surface area contributed by atoms with Crippen molar-refractivity contribution < 1.29 is 8.78 Å². The summed E-state index contributed by atoms with van der Waals surface area (Å²) in [5.41, 5.74) is 1.48. The monoisotopic (exact) mass is 216 g/mol. The van der Waals surface area contributed by atoms with E-state index in [1.54, 1.807) is 18.2 Å². The van der Waals surface area contributed by atoms with E-state index in [9.17, 15) is 8.78 Å². The van der Waals surface area contributed by atoms with Crippen molar-refractivity contribution in [3.05, 3.63) is 60.8 Å². The molecule has 0 atom stereocenters. The molecule has 1 nitrogen and oxygen atoms in total. The molecule has 0 aliphatic rings. The third-order valence-electron chi connectivity index (χ3n) is 2.21. The van der Waals surface area contributed by atoms with Gasteiger partial charge in [0.15, 0.2) is 0 Å². The fraction of sp³-hybridized carbons (Fsp3) is 0. The van der Waals surface area contributed by atoms with E-state index in [-0.39, 0.29) is 5.57 Å². The molecule has 3 heteroatoms. The normalized spacial score (nSPS) is 10.1. The van der Waals surface area contributed by atoms with Gasteiger partial charge < -0.3 is 0 Å². The molecular weight excluding hydrogens is 208 g/mol. The van der Waals surface area contributed by atoms with Crippen LogP contribution < -0.4 is 0 Å². The lowest BCUT2D eigenvalue weighted by Crippen LogP contribution is -1.86. The fourth-order valence-electron chi connectivity index (χ4n) is 1.52. The first-order valence-electron chi connectivity index (χ1n) is 4.66. The molecule has 0 saturated carbocycles. The fourth-order valence-corrected chi connectivity index (χ4v) is 1.52. The highest BCUT2D eigenvalue weighted by Crippen LogP contribution is 2.23. The topological polar surface area (TPSA) is 12.9 Å². The lowest BCUT2D eigenvalue weighted by Gasteiger charge is -2.04. The minimum atomic E-state index is -1.76. The van der Waals surface area contributed by atoms with E-state index in [1.807, 2.05) is 12.1 Å². The number of allylic oxidation sites excluding steroid dienone is 2. The number of fused-ring (bicyclic) bond motifs is 1. The van der Waals surface area contributed by atoms with Gasteiger partial charge in [-0.25, -0.2) is 4.98 Å². The Balaban J connectivity index is 2.61. The van der Waals surface area contributed by atoms with Crippen LogP contribution in [-0.4, -0.2) is 4.98 Å². The maximum absolute atomic E-state index is 12.1. The number of hydrogen-bond donors (Lipinski definition) is 0. The zero-order valence-electron chi connectivity index (χ0n) is 8.37. The van der Waals surface area contributed by atoms with E-state index < -0.39 is 6.08 Å². The lowest BCUT2D eigenvalue weighted by atomic mass is 10.0. The van der Waals surface area contributed by atoms with Crippen LogP contribution in [0, 0.1) is 6.20 Å². The highest BCUT2D eigenvalue weighted by atomic mass is 19.3. The lowest BCUT2D eigenvalue weighted by molar-refractivity contribution is 0.422. The second-order valence-corrected chi connectivity index (χ2v) is 3.28. The van der Waals surface area contributed by atoms with Crippen molar-refractivity contribution in [3.8, 4) is 0 Å². The van der Waals surface area contributed by atoms with Crippen LogP contribution in [0.5, 0.6) is 0 Å². The Morgan fingerprint density at radius 2 is 2.12 bits per heavy atom. The summed E-state index contributed by atoms with van der Waals surface area (Å²) in [6, 6.07) is 8.87. The minimum Gasteiger partial charge on any atom is -0.245 e. The molecule has 1 aromatic carbocycles. The first kappa shape index (κ1) is 10.5. The Kier molecular flexibility index (Phi) is 2.77. The maximum atomic E-state index is 12.1. The predicted octanol–water partition coefficient (Wildman–Crippen LogP) is 3.83. The van der Waals surface area contributed by atoms with E-state index in [1.165, 1.54) is 0 Å². The average Bonchev–Trinajstić information content (AvgIpc) is 2.27. The van der Waals surface area contributed by atoms with E-state index in [4.69, 9.17) is 0 Å². The van der Waals surface area contributed by atoms with Crippen LogP contribution in [0.2, 0.25) is 0 Å².